The predicted molar refractivity (Wildman–Crippen MR) is 98.4 cm³/mol. The van der Waals surface area contributed by atoms with Crippen molar-refractivity contribution in [1.29, 1.82) is 0 Å². The molecular formula is C18H12BiCl5. The number of halogens is 5. The number of allylic oxidation sites excluding steroid dienone is 9. The fourth-order valence-electron chi connectivity index (χ4n) is 1.10. The third-order valence-corrected chi connectivity index (χ3v) is 2.79. The third kappa shape index (κ3) is 17.0. The largest absolute Gasteiger partial charge is 2.00 e. The first-order valence-corrected chi connectivity index (χ1v) is 7.16. The molecule has 0 aromatic carbocycles. The zero-order valence-corrected chi connectivity index (χ0v) is 19.5. The molecule has 0 saturated carbocycles. The van der Waals surface area contributed by atoms with Gasteiger partial charge in [-0.15, -0.1) is 17.2 Å². The Morgan fingerprint density at radius 3 is 0.833 bits per heavy atom. The van der Waals surface area contributed by atoms with Gasteiger partial charge in [0.25, 0.3) is 0 Å². The van der Waals surface area contributed by atoms with Crippen LogP contribution in [0.2, 0.25) is 0 Å². The summed E-state index contributed by atoms with van der Waals surface area (Å²) in [6.45, 7) is 0. The molecule has 0 aromatic rings. The van der Waals surface area contributed by atoms with E-state index in [9.17, 15) is 0 Å². The van der Waals surface area contributed by atoms with Crippen LogP contribution in [0.25, 0.3) is 0 Å². The van der Waals surface area contributed by atoms with Crippen molar-refractivity contribution in [3.05, 3.63) is 106 Å². The molecule has 0 spiro atoms. The zero-order chi connectivity index (χ0) is 15.3. The molecule has 3 aliphatic rings. The van der Waals surface area contributed by atoms with E-state index in [0.29, 0.717) is 0 Å². The van der Waals surface area contributed by atoms with Gasteiger partial charge in [-0.05, 0) is 54.7 Å². The van der Waals surface area contributed by atoms with E-state index in [1.54, 1.807) is 73.9 Å². The monoisotopic (exact) mass is 612 g/mol. The number of hydrogen-bond donors (Lipinski definition) is 0. The third-order valence-electron chi connectivity index (χ3n) is 2.03. The maximum atomic E-state index is 5.52. The summed E-state index contributed by atoms with van der Waals surface area (Å²) in [5.41, 5.74) is 8.55. The van der Waals surface area contributed by atoms with Crippen LogP contribution in [-0.2, 0) is 0 Å². The van der Waals surface area contributed by atoms with Crippen molar-refractivity contribution in [3.63, 3.8) is 0 Å². The molecule has 0 aromatic heterocycles. The van der Waals surface area contributed by atoms with Gasteiger partial charge in [0.05, 0.1) is 0 Å². The SMILES string of the molecule is ClC1=CC=C=C[CH]1.ClC1=CC=C=C[CH]1.ClC1=CC=C=C[CH]1.[Bi+2].[Cl-].[Cl-]. The van der Waals surface area contributed by atoms with Crippen LogP contribution in [-0.4, -0.2) is 26.2 Å². The van der Waals surface area contributed by atoms with Crippen molar-refractivity contribution < 1.29 is 24.8 Å². The van der Waals surface area contributed by atoms with Gasteiger partial charge in [0.2, 0.25) is 0 Å². The molecule has 3 aliphatic carbocycles. The Hall–Kier alpha value is 0.113. The van der Waals surface area contributed by atoms with Gasteiger partial charge >= 0.3 is 26.2 Å². The van der Waals surface area contributed by atoms with E-state index < -0.39 is 0 Å². The summed E-state index contributed by atoms with van der Waals surface area (Å²) >= 11 is 16.6. The Labute approximate surface area is 190 Å². The molecule has 6 heteroatoms. The van der Waals surface area contributed by atoms with Crippen LogP contribution < -0.4 is 24.8 Å². The van der Waals surface area contributed by atoms with E-state index in [1.165, 1.54) is 0 Å². The fourth-order valence-corrected chi connectivity index (χ4v) is 1.48. The number of rotatable bonds is 0. The molecule has 0 fully saturated rings. The van der Waals surface area contributed by atoms with E-state index in [0.717, 1.165) is 15.1 Å². The summed E-state index contributed by atoms with van der Waals surface area (Å²) in [7, 11) is 0. The maximum absolute atomic E-state index is 5.52. The number of hydrogen-bond acceptors (Lipinski definition) is 0. The smallest absolute Gasteiger partial charge is 1.00 e. The van der Waals surface area contributed by atoms with Crippen LogP contribution >= 0.6 is 34.8 Å². The molecule has 0 atom stereocenters. The van der Waals surface area contributed by atoms with Crippen molar-refractivity contribution in [2.75, 3.05) is 0 Å². The van der Waals surface area contributed by atoms with Gasteiger partial charge in [0, 0.05) is 34.4 Å². The second-order valence-electron chi connectivity index (χ2n) is 3.65. The van der Waals surface area contributed by atoms with Crippen LogP contribution in [0.15, 0.2) is 87.0 Å². The molecule has 3 rings (SSSR count). The van der Waals surface area contributed by atoms with E-state index >= 15 is 0 Å². The van der Waals surface area contributed by atoms with E-state index in [2.05, 4.69) is 17.2 Å². The molecule has 0 bridgehead atoms. The van der Waals surface area contributed by atoms with E-state index in [1.807, 2.05) is 0 Å². The average molecular weight is 615 g/mol. The standard InChI is InChI=1S/3C6H4Cl.Bi.2ClH/c3*7-6-4-2-1-3-5-6;;;/h3*2-5H;;2*1H/q;;;+2;;/p-2. The first-order chi connectivity index (χ1) is 10.2. The molecule has 0 heterocycles. The van der Waals surface area contributed by atoms with E-state index in [-0.39, 0.29) is 51.0 Å². The van der Waals surface area contributed by atoms with Gasteiger partial charge in [-0.1, -0.05) is 34.8 Å². The Morgan fingerprint density at radius 2 is 0.750 bits per heavy atom. The van der Waals surface area contributed by atoms with Crippen molar-refractivity contribution >= 4 is 61.0 Å². The second-order valence-corrected chi connectivity index (χ2v) is 4.96. The minimum Gasteiger partial charge on any atom is -1.00 e. The average Bonchev–Trinajstić information content (AvgIpc) is 2.51. The van der Waals surface area contributed by atoms with Crippen molar-refractivity contribution in [3.8, 4) is 0 Å². The maximum Gasteiger partial charge on any atom is 2.00 e. The topological polar surface area (TPSA) is 0 Å². The zero-order valence-electron chi connectivity index (χ0n) is 12.3. The summed E-state index contributed by atoms with van der Waals surface area (Å²) < 4.78 is 0. The molecule has 0 saturated heterocycles. The van der Waals surface area contributed by atoms with Crippen LogP contribution in [0, 0.1) is 19.3 Å². The Balaban J connectivity index is -0.000000259. The molecule has 24 heavy (non-hydrogen) atoms. The summed E-state index contributed by atoms with van der Waals surface area (Å²) in [5.74, 6) is 0. The second kappa shape index (κ2) is 19.4. The minimum absolute atomic E-state index is 0. The molecule has 0 aliphatic heterocycles. The molecule has 0 unspecified atom stereocenters. The molecule has 6 radical (unpaired) electrons. The van der Waals surface area contributed by atoms with Crippen LogP contribution in [0.3, 0.4) is 0 Å². The molecular weight excluding hydrogens is 602 g/mol. The van der Waals surface area contributed by atoms with Crippen LogP contribution in [0.5, 0.6) is 0 Å². The van der Waals surface area contributed by atoms with Gasteiger partial charge < -0.3 is 24.8 Å². The Morgan fingerprint density at radius 1 is 0.500 bits per heavy atom. The first-order valence-electron chi connectivity index (χ1n) is 6.03. The van der Waals surface area contributed by atoms with Crippen LogP contribution in [0.1, 0.15) is 0 Å². The van der Waals surface area contributed by atoms with Crippen molar-refractivity contribution in [2.24, 2.45) is 0 Å². The van der Waals surface area contributed by atoms with E-state index in [4.69, 9.17) is 34.8 Å². The van der Waals surface area contributed by atoms with Gasteiger partial charge in [0.15, 0.2) is 0 Å². The molecule has 0 N–H and O–H groups in total. The van der Waals surface area contributed by atoms with Gasteiger partial charge in [-0.25, -0.2) is 0 Å². The predicted octanol–water partition coefficient (Wildman–Crippen LogP) is -0.258. The molecule has 0 nitrogen and oxygen atoms in total. The van der Waals surface area contributed by atoms with Gasteiger partial charge in [-0.3, -0.25) is 0 Å². The summed E-state index contributed by atoms with van der Waals surface area (Å²) in [4.78, 5) is 0. The summed E-state index contributed by atoms with van der Waals surface area (Å²) in [6, 6.07) is 0. The minimum atomic E-state index is 0. The quantitative estimate of drug-likeness (QED) is 0.261. The summed E-state index contributed by atoms with van der Waals surface area (Å²) in [6.07, 6.45) is 21.4. The van der Waals surface area contributed by atoms with Crippen LogP contribution in [0.4, 0.5) is 0 Å². The molecule has 0 amide bonds. The Bertz CT molecular complexity index is 544. The van der Waals surface area contributed by atoms with Gasteiger partial charge in [0.1, 0.15) is 0 Å². The molecule has 124 valence electrons. The Kier molecular flexibility index (Phi) is 23.4. The van der Waals surface area contributed by atoms with Gasteiger partial charge in [-0.2, -0.15) is 0 Å². The normalized spacial score (nSPS) is 14.9. The van der Waals surface area contributed by atoms with Crippen molar-refractivity contribution in [2.45, 2.75) is 0 Å². The van der Waals surface area contributed by atoms with Crippen molar-refractivity contribution in [1.82, 2.24) is 0 Å². The summed E-state index contributed by atoms with van der Waals surface area (Å²) in [5, 5.41) is 2.29. The fraction of sp³-hybridized carbons (Fsp3) is 0. The first kappa shape index (κ1) is 28.9.